The van der Waals surface area contributed by atoms with E-state index in [0.29, 0.717) is 24.3 Å². The number of halogens is 1. The Morgan fingerprint density at radius 3 is 2.56 bits per heavy atom. The van der Waals surface area contributed by atoms with Crippen LogP contribution in [0.4, 0.5) is 10.1 Å². The Hall–Kier alpha value is -2.74. The first kappa shape index (κ1) is 17.7. The van der Waals surface area contributed by atoms with Gasteiger partial charge in [0.25, 0.3) is 0 Å². The van der Waals surface area contributed by atoms with Gasteiger partial charge in [0.2, 0.25) is 5.43 Å². The third-order valence-corrected chi connectivity index (χ3v) is 4.96. The third-order valence-electron chi connectivity index (χ3n) is 4.96. The third kappa shape index (κ3) is 3.32. The molecule has 1 saturated carbocycles. The maximum absolute atomic E-state index is 14.8. The molecular weight excluding hydrogens is 353 g/mol. The number of anilines is 1. The van der Waals surface area contributed by atoms with Crippen LogP contribution in [-0.2, 0) is 9.53 Å². The molecule has 0 unspecified atom stereocenters. The number of carbonyl (C=O) groups is 2. The minimum absolute atomic E-state index is 0.122. The molecule has 2 aromatic rings. The zero-order valence-electron chi connectivity index (χ0n) is 15.0. The van der Waals surface area contributed by atoms with Crippen molar-refractivity contribution in [2.75, 3.05) is 31.1 Å². The summed E-state index contributed by atoms with van der Waals surface area (Å²) in [5.41, 5.74) is 0.173. The first-order valence-corrected chi connectivity index (χ1v) is 9.02. The molecule has 142 valence electrons. The Morgan fingerprint density at radius 1 is 1.22 bits per heavy atom. The molecule has 0 amide bonds. The van der Waals surface area contributed by atoms with Gasteiger partial charge in [0.15, 0.2) is 0 Å². The highest BCUT2D eigenvalue weighted by Gasteiger charge is 2.28. The zero-order chi connectivity index (χ0) is 19.1. The normalized spacial score (nSPS) is 17.2. The van der Waals surface area contributed by atoms with Gasteiger partial charge >= 0.3 is 11.9 Å². The van der Waals surface area contributed by atoms with Crippen molar-refractivity contribution in [2.45, 2.75) is 25.8 Å². The summed E-state index contributed by atoms with van der Waals surface area (Å²) in [6, 6.07) is 3.03. The molecule has 4 rings (SSSR count). The van der Waals surface area contributed by atoms with Crippen LogP contribution in [0, 0.1) is 5.82 Å². The number of benzene rings is 1. The number of nitrogens with zero attached hydrogens (tertiary/aromatic N) is 2. The minimum Gasteiger partial charge on any atom is -0.389 e. The maximum Gasteiger partial charge on any atom is 0.351 e. The number of fused-ring (bicyclic) bond motifs is 1. The van der Waals surface area contributed by atoms with Gasteiger partial charge in [-0.1, -0.05) is 0 Å². The summed E-state index contributed by atoms with van der Waals surface area (Å²) in [6.07, 6.45) is 3.27. The highest BCUT2D eigenvalue weighted by Crippen LogP contribution is 2.38. The van der Waals surface area contributed by atoms with Gasteiger partial charge < -0.3 is 19.5 Å². The summed E-state index contributed by atoms with van der Waals surface area (Å²) in [6.45, 7) is 3.99. The van der Waals surface area contributed by atoms with Crippen LogP contribution in [-0.4, -0.2) is 42.7 Å². The van der Waals surface area contributed by atoms with E-state index in [9.17, 15) is 18.8 Å². The number of carbonyl (C=O) groups excluding carboxylic acids is 2. The Kier molecular flexibility index (Phi) is 4.43. The lowest BCUT2D eigenvalue weighted by Crippen LogP contribution is -2.43. The molecule has 1 saturated heterocycles. The number of aromatic nitrogens is 1. The predicted octanol–water partition coefficient (Wildman–Crippen LogP) is 1.59. The van der Waals surface area contributed by atoms with E-state index in [1.807, 2.05) is 9.47 Å². The molecular formula is C19H20FN3O4. The topological polar surface area (TPSA) is 80.6 Å². The van der Waals surface area contributed by atoms with Gasteiger partial charge in [0, 0.05) is 50.7 Å². The van der Waals surface area contributed by atoms with E-state index in [1.165, 1.54) is 12.3 Å². The van der Waals surface area contributed by atoms with E-state index in [2.05, 4.69) is 10.1 Å². The fourth-order valence-corrected chi connectivity index (χ4v) is 3.49. The maximum atomic E-state index is 14.8. The second kappa shape index (κ2) is 6.77. The highest BCUT2D eigenvalue weighted by atomic mass is 19.1. The van der Waals surface area contributed by atoms with E-state index < -0.39 is 23.2 Å². The molecule has 2 aliphatic rings. The quantitative estimate of drug-likeness (QED) is 0.650. The molecule has 0 atom stereocenters. The van der Waals surface area contributed by atoms with Crippen molar-refractivity contribution in [1.29, 1.82) is 0 Å². The van der Waals surface area contributed by atoms with Crippen molar-refractivity contribution < 1.29 is 18.7 Å². The van der Waals surface area contributed by atoms with Crippen molar-refractivity contribution in [3.05, 3.63) is 39.9 Å². The zero-order valence-corrected chi connectivity index (χ0v) is 15.0. The van der Waals surface area contributed by atoms with Crippen molar-refractivity contribution >= 4 is 28.5 Å². The van der Waals surface area contributed by atoms with E-state index in [4.69, 9.17) is 0 Å². The standard InChI is InChI=1S/C19H20FN3O4/c1-11(24)27-19(26)14-10-23(12-2-3-12)16-9-17(22-6-4-21-5-7-22)15(20)8-13(16)18(14)25/h8-10,12,21H,2-7H2,1H3. The van der Waals surface area contributed by atoms with E-state index in [1.54, 1.807) is 6.07 Å². The Labute approximate surface area is 154 Å². The van der Waals surface area contributed by atoms with Crippen LogP contribution in [0.25, 0.3) is 10.9 Å². The highest BCUT2D eigenvalue weighted by molar-refractivity contribution is 5.99. The average Bonchev–Trinajstić information content (AvgIpc) is 3.47. The number of piperazine rings is 1. The number of hydrogen-bond acceptors (Lipinski definition) is 6. The van der Waals surface area contributed by atoms with E-state index >= 15 is 0 Å². The van der Waals surface area contributed by atoms with E-state index in [-0.39, 0.29) is 17.0 Å². The molecule has 2 fully saturated rings. The van der Waals surface area contributed by atoms with Crippen molar-refractivity contribution in [2.24, 2.45) is 0 Å². The molecule has 7 nitrogen and oxygen atoms in total. The number of hydrogen-bond donors (Lipinski definition) is 1. The van der Waals surface area contributed by atoms with Crippen LogP contribution in [0.5, 0.6) is 0 Å². The monoisotopic (exact) mass is 373 g/mol. The Balaban J connectivity index is 1.88. The lowest BCUT2D eigenvalue weighted by Gasteiger charge is -2.30. The molecule has 1 aromatic carbocycles. The van der Waals surface area contributed by atoms with Crippen LogP contribution in [0.3, 0.4) is 0 Å². The number of ether oxygens (including phenoxy) is 1. The minimum atomic E-state index is -1.00. The summed E-state index contributed by atoms with van der Waals surface area (Å²) in [4.78, 5) is 38.0. The second-order valence-corrected chi connectivity index (χ2v) is 6.95. The molecule has 0 bridgehead atoms. The lowest BCUT2D eigenvalue weighted by molar-refractivity contribution is -0.135. The molecule has 2 heterocycles. The van der Waals surface area contributed by atoms with Crippen molar-refractivity contribution in [3.63, 3.8) is 0 Å². The van der Waals surface area contributed by atoms with Crippen LogP contribution in [0.1, 0.15) is 36.2 Å². The summed E-state index contributed by atoms with van der Waals surface area (Å²) < 4.78 is 21.2. The van der Waals surface area contributed by atoms with Crippen LogP contribution in [0.2, 0.25) is 0 Å². The van der Waals surface area contributed by atoms with Gasteiger partial charge in [-0.25, -0.2) is 9.18 Å². The summed E-state index contributed by atoms with van der Waals surface area (Å²) in [5.74, 6) is -2.30. The molecule has 0 radical (unpaired) electrons. The average molecular weight is 373 g/mol. The molecule has 1 aliphatic heterocycles. The smallest absolute Gasteiger partial charge is 0.351 e. The SMILES string of the molecule is CC(=O)OC(=O)c1cn(C2CC2)c2cc(N3CCNCC3)c(F)cc2c1=O. The van der Waals surface area contributed by atoms with Crippen molar-refractivity contribution in [3.8, 4) is 0 Å². The summed E-state index contributed by atoms with van der Waals surface area (Å²) in [7, 11) is 0. The molecule has 0 spiro atoms. The number of pyridine rings is 1. The molecule has 1 aromatic heterocycles. The number of rotatable bonds is 3. The molecule has 1 aliphatic carbocycles. The van der Waals surface area contributed by atoms with Gasteiger partial charge in [-0.05, 0) is 25.0 Å². The van der Waals surface area contributed by atoms with E-state index in [0.717, 1.165) is 32.9 Å². The van der Waals surface area contributed by atoms with Gasteiger partial charge in [-0.15, -0.1) is 0 Å². The van der Waals surface area contributed by atoms with Crippen LogP contribution >= 0.6 is 0 Å². The van der Waals surface area contributed by atoms with Gasteiger partial charge in [-0.2, -0.15) is 0 Å². The number of esters is 2. The first-order chi connectivity index (χ1) is 13.0. The van der Waals surface area contributed by atoms with Crippen LogP contribution < -0.4 is 15.6 Å². The van der Waals surface area contributed by atoms with Gasteiger partial charge in [0.05, 0.1) is 11.2 Å². The largest absolute Gasteiger partial charge is 0.389 e. The Bertz CT molecular complexity index is 991. The number of nitrogens with one attached hydrogen (secondary N) is 1. The fourth-order valence-electron chi connectivity index (χ4n) is 3.49. The summed E-state index contributed by atoms with van der Waals surface area (Å²) in [5, 5.41) is 3.35. The van der Waals surface area contributed by atoms with Crippen LogP contribution in [0.15, 0.2) is 23.1 Å². The predicted molar refractivity (Wildman–Crippen MR) is 97.6 cm³/mol. The van der Waals surface area contributed by atoms with Gasteiger partial charge in [0.1, 0.15) is 11.4 Å². The second-order valence-electron chi connectivity index (χ2n) is 6.95. The Morgan fingerprint density at radius 2 is 1.93 bits per heavy atom. The van der Waals surface area contributed by atoms with Gasteiger partial charge in [-0.3, -0.25) is 9.59 Å². The lowest BCUT2D eigenvalue weighted by atomic mass is 10.1. The molecule has 27 heavy (non-hydrogen) atoms. The first-order valence-electron chi connectivity index (χ1n) is 9.02. The summed E-state index contributed by atoms with van der Waals surface area (Å²) >= 11 is 0. The molecule has 8 heteroatoms. The molecule has 1 N–H and O–H groups in total. The van der Waals surface area contributed by atoms with Crippen molar-refractivity contribution in [1.82, 2.24) is 9.88 Å². The fraction of sp³-hybridized carbons (Fsp3) is 0.421.